The zero-order valence-electron chi connectivity index (χ0n) is 15.7. The molecule has 0 spiro atoms. The van der Waals surface area contributed by atoms with E-state index in [0.717, 1.165) is 0 Å². The number of benzene rings is 1. The predicted octanol–water partition coefficient (Wildman–Crippen LogP) is 1.36. The molecule has 2 aromatic heterocycles. The van der Waals surface area contributed by atoms with Crippen molar-refractivity contribution in [2.75, 3.05) is 29.9 Å². The van der Waals surface area contributed by atoms with Gasteiger partial charge in [-0.05, 0) is 24.3 Å². The molecule has 11 heteroatoms. The smallest absolute Gasteiger partial charge is 0.294 e. The third kappa shape index (κ3) is 3.94. The lowest BCUT2D eigenvalue weighted by atomic mass is 10.1. The van der Waals surface area contributed by atoms with Crippen molar-refractivity contribution in [3.05, 3.63) is 70.9 Å². The molecule has 0 radical (unpaired) electrons. The van der Waals surface area contributed by atoms with Gasteiger partial charge in [-0.3, -0.25) is 19.7 Å². The molecule has 0 aliphatic carbocycles. The topological polar surface area (TPSA) is 135 Å². The Morgan fingerprint density at radius 3 is 2.80 bits per heavy atom. The number of carbonyl (C=O) groups excluding carboxylic acids is 2. The van der Waals surface area contributed by atoms with Crippen LogP contribution in [0.3, 0.4) is 0 Å². The van der Waals surface area contributed by atoms with Crippen LogP contribution in [-0.4, -0.2) is 50.9 Å². The van der Waals surface area contributed by atoms with Gasteiger partial charge in [-0.25, -0.2) is 9.97 Å². The predicted molar refractivity (Wildman–Crippen MR) is 108 cm³/mol. The number of nitro groups is 1. The summed E-state index contributed by atoms with van der Waals surface area (Å²) in [5.74, 6) is 0.0616. The maximum atomic E-state index is 12.6. The summed E-state index contributed by atoms with van der Waals surface area (Å²) in [5.41, 5.74) is 0.678. The molecule has 11 nitrogen and oxygen atoms in total. The maximum absolute atomic E-state index is 12.6. The molecule has 1 aromatic carbocycles. The molecule has 1 aliphatic rings. The summed E-state index contributed by atoms with van der Waals surface area (Å²) in [5, 5.41) is 16.9. The number of nitrogens with one attached hydrogen (secondary N) is 2. The Morgan fingerprint density at radius 2 is 2.13 bits per heavy atom. The van der Waals surface area contributed by atoms with Gasteiger partial charge in [0.05, 0.1) is 29.7 Å². The fourth-order valence-electron chi connectivity index (χ4n) is 3.12. The highest BCUT2D eigenvalue weighted by atomic mass is 16.6. The highest BCUT2D eigenvalue weighted by molar-refractivity contribution is 6.04. The number of imidazole rings is 1. The molecule has 4 rings (SSSR count). The maximum Gasteiger partial charge on any atom is 0.294 e. The van der Waals surface area contributed by atoms with Crippen LogP contribution in [0.5, 0.6) is 0 Å². The van der Waals surface area contributed by atoms with Gasteiger partial charge in [0.25, 0.3) is 11.6 Å². The Morgan fingerprint density at radius 1 is 1.27 bits per heavy atom. The quantitative estimate of drug-likeness (QED) is 0.481. The van der Waals surface area contributed by atoms with Crippen LogP contribution in [0.2, 0.25) is 0 Å². The number of anilines is 2. The molecule has 0 atom stereocenters. The van der Waals surface area contributed by atoms with E-state index in [1.54, 1.807) is 18.3 Å². The lowest BCUT2D eigenvalue weighted by Crippen LogP contribution is -2.48. The molecule has 0 bridgehead atoms. The Balaban J connectivity index is 1.50. The largest absolute Gasteiger partial charge is 0.353 e. The fourth-order valence-corrected chi connectivity index (χ4v) is 3.12. The zero-order valence-corrected chi connectivity index (χ0v) is 15.7. The summed E-state index contributed by atoms with van der Waals surface area (Å²) < 4.78 is 1.50. The Bertz CT molecular complexity index is 1100. The van der Waals surface area contributed by atoms with Crippen molar-refractivity contribution in [1.29, 1.82) is 0 Å². The van der Waals surface area contributed by atoms with Crippen molar-refractivity contribution in [3.8, 4) is 5.69 Å². The molecule has 0 saturated carbocycles. The van der Waals surface area contributed by atoms with Gasteiger partial charge in [0.2, 0.25) is 5.91 Å². The molecule has 1 fully saturated rings. The van der Waals surface area contributed by atoms with Gasteiger partial charge in [0, 0.05) is 37.1 Å². The van der Waals surface area contributed by atoms with Crippen LogP contribution in [0, 0.1) is 10.1 Å². The van der Waals surface area contributed by atoms with Crippen LogP contribution in [0.4, 0.5) is 17.2 Å². The van der Waals surface area contributed by atoms with Crippen molar-refractivity contribution < 1.29 is 14.5 Å². The molecule has 152 valence electrons. The molecule has 0 unspecified atom stereocenters. The first-order valence-electron chi connectivity index (χ1n) is 9.07. The first-order valence-corrected chi connectivity index (χ1v) is 9.07. The van der Waals surface area contributed by atoms with Crippen LogP contribution >= 0.6 is 0 Å². The molecule has 1 aliphatic heterocycles. The van der Waals surface area contributed by atoms with E-state index in [1.807, 2.05) is 4.90 Å². The minimum Gasteiger partial charge on any atom is -0.353 e. The highest BCUT2D eigenvalue weighted by Crippen LogP contribution is 2.25. The minimum absolute atomic E-state index is 0.0684. The number of pyridine rings is 1. The molecular weight excluding hydrogens is 390 g/mol. The van der Waals surface area contributed by atoms with Crippen LogP contribution < -0.4 is 15.5 Å². The number of aromatic nitrogens is 3. The Kier molecular flexibility index (Phi) is 5.08. The summed E-state index contributed by atoms with van der Waals surface area (Å²) in [4.78, 5) is 45.0. The van der Waals surface area contributed by atoms with Crippen molar-refractivity contribution in [3.63, 3.8) is 0 Å². The summed E-state index contributed by atoms with van der Waals surface area (Å²) in [6.45, 7) is 1.43. The van der Waals surface area contributed by atoms with Crippen molar-refractivity contribution in [2.45, 2.75) is 0 Å². The monoisotopic (exact) mass is 407 g/mol. The number of nitrogens with zero attached hydrogens (tertiary/aromatic N) is 5. The normalized spacial score (nSPS) is 13.6. The number of carbonyl (C=O) groups is 2. The lowest BCUT2D eigenvalue weighted by molar-refractivity contribution is -0.384. The fraction of sp³-hybridized carbons (Fsp3) is 0.158. The number of piperazine rings is 1. The van der Waals surface area contributed by atoms with E-state index in [2.05, 4.69) is 20.6 Å². The average molecular weight is 407 g/mol. The van der Waals surface area contributed by atoms with Gasteiger partial charge < -0.3 is 20.1 Å². The minimum atomic E-state index is -0.544. The van der Waals surface area contributed by atoms with Crippen molar-refractivity contribution in [2.24, 2.45) is 0 Å². The van der Waals surface area contributed by atoms with E-state index in [4.69, 9.17) is 0 Å². The second-order valence-electron chi connectivity index (χ2n) is 6.56. The average Bonchev–Trinajstić information content (AvgIpc) is 3.28. The lowest BCUT2D eigenvalue weighted by Gasteiger charge is -2.27. The van der Waals surface area contributed by atoms with E-state index in [1.165, 1.54) is 41.5 Å². The Hall–Kier alpha value is -4.28. The molecule has 2 amide bonds. The second-order valence-corrected chi connectivity index (χ2v) is 6.56. The van der Waals surface area contributed by atoms with Crippen LogP contribution in [0.1, 0.15) is 10.4 Å². The van der Waals surface area contributed by atoms with Crippen LogP contribution in [-0.2, 0) is 4.79 Å². The molecule has 1 saturated heterocycles. The van der Waals surface area contributed by atoms with Crippen molar-refractivity contribution >= 4 is 29.0 Å². The van der Waals surface area contributed by atoms with E-state index < -0.39 is 10.8 Å². The van der Waals surface area contributed by atoms with E-state index in [-0.39, 0.29) is 23.7 Å². The van der Waals surface area contributed by atoms with Gasteiger partial charge >= 0.3 is 0 Å². The second kappa shape index (κ2) is 7.99. The van der Waals surface area contributed by atoms with Crippen LogP contribution in [0.25, 0.3) is 5.69 Å². The number of amides is 2. The van der Waals surface area contributed by atoms with E-state index >= 15 is 0 Å². The van der Waals surface area contributed by atoms with E-state index in [0.29, 0.717) is 30.3 Å². The number of nitro benzene ring substituents is 1. The summed E-state index contributed by atoms with van der Waals surface area (Å²) in [7, 11) is 0. The molecule has 30 heavy (non-hydrogen) atoms. The standard InChI is InChI=1S/C19H17N7O4/c27-18-11-24(8-6-21-18)17-4-2-14(10-22-17)23-19(28)13-1-3-15(16(9-13)26(29)30)25-7-5-20-12-25/h1-5,7,9-10,12H,6,8,11H2,(H,21,27)(H,23,28). The van der Waals surface area contributed by atoms with Crippen LogP contribution in [0.15, 0.2) is 55.2 Å². The number of rotatable bonds is 5. The number of hydrogen-bond acceptors (Lipinski definition) is 7. The Labute approximate surface area is 170 Å². The van der Waals surface area contributed by atoms with Gasteiger partial charge in [-0.1, -0.05) is 0 Å². The van der Waals surface area contributed by atoms with Gasteiger partial charge in [0.15, 0.2) is 0 Å². The molecule has 2 N–H and O–H groups in total. The van der Waals surface area contributed by atoms with Crippen molar-refractivity contribution in [1.82, 2.24) is 19.9 Å². The molecule has 3 heterocycles. The number of hydrogen-bond donors (Lipinski definition) is 2. The molecule has 3 aromatic rings. The first kappa shape index (κ1) is 19.1. The summed E-state index contributed by atoms with van der Waals surface area (Å²) in [6, 6.07) is 7.60. The van der Waals surface area contributed by atoms with Gasteiger partial charge in [-0.15, -0.1) is 0 Å². The molecular formula is C19H17N7O4. The zero-order chi connectivity index (χ0) is 21.1. The summed E-state index contributed by atoms with van der Waals surface area (Å²) in [6.07, 6.45) is 6.02. The summed E-state index contributed by atoms with van der Waals surface area (Å²) >= 11 is 0. The third-order valence-corrected chi connectivity index (χ3v) is 4.58. The van der Waals surface area contributed by atoms with Gasteiger partial charge in [0.1, 0.15) is 11.5 Å². The highest BCUT2D eigenvalue weighted by Gasteiger charge is 2.20. The third-order valence-electron chi connectivity index (χ3n) is 4.58. The SMILES string of the molecule is O=C1CN(c2ccc(NC(=O)c3ccc(-n4ccnc4)c([N+](=O)[O-])c3)cn2)CCN1. The van der Waals surface area contributed by atoms with Gasteiger partial charge in [-0.2, -0.15) is 0 Å². The first-order chi connectivity index (χ1) is 14.5. The van der Waals surface area contributed by atoms with E-state index in [9.17, 15) is 19.7 Å².